The molecule has 1 aromatic carbocycles. The zero-order valence-corrected chi connectivity index (χ0v) is 11.4. The van der Waals surface area contributed by atoms with Gasteiger partial charge in [0, 0.05) is 11.9 Å². The van der Waals surface area contributed by atoms with Crippen molar-refractivity contribution >= 4 is 27.4 Å². The van der Waals surface area contributed by atoms with Crippen LogP contribution in [-0.2, 0) is 6.42 Å². The third-order valence-corrected chi connectivity index (χ3v) is 3.95. The SMILES string of the molecule is Nc1ccc2c(c1)CCC2Nc1ncccc1Br. The Morgan fingerprint density at radius 1 is 1.33 bits per heavy atom. The number of benzene rings is 1. The van der Waals surface area contributed by atoms with Gasteiger partial charge in [0.1, 0.15) is 5.82 Å². The second kappa shape index (κ2) is 4.61. The first-order valence-corrected chi connectivity index (χ1v) is 6.78. The molecule has 1 aliphatic rings. The van der Waals surface area contributed by atoms with Crippen molar-refractivity contribution in [3.63, 3.8) is 0 Å². The summed E-state index contributed by atoms with van der Waals surface area (Å²) >= 11 is 3.51. The van der Waals surface area contributed by atoms with E-state index >= 15 is 0 Å². The Kier molecular flexibility index (Phi) is 2.96. The lowest BCUT2D eigenvalue weighted by Gasteiger charge is -2.15. The van der Waals surface area contributed by atoms with Gasteiger partial charge in [-0.2, -0.15) is 0 Å². The number of aromatic nitrogens is 1. The Morgan fingerprint density at radius 2 is 2.22 bits per heavy atom. The minimum atomic E-state index is 0.326. The van der Waals surface area contributed by atoms with Crippen molar-refractivity contribution in [2.24, 2.45) is 0 Å². The number of hydrogen-bond donors (Lipinski definition) is 2. The van der Waals surface area contributed by atoms with Gasteiger partial charge in [0.15, 0.2) is 0 Å². The molecular formula is C14H14BrN3. The van der Waals surface area contributed by atoms with Crippen molar-refractivity contribution in [2.45, 2.75) is 18.9 Å². The highest BCUT2D eigenvalue weighted by molar-refractivity contribution is 9.10. The summed E-state index contributed by atoms with van der Waals surface area (Å²) in [5.74, 6) is 0.896. The van der Waals surface area contributed by atoms with Crippen LogP contribution >= 0.6 is 15.9 Å². The summed E-state index contributed by atoms with van der Waals surface area (Å²) in [6.45, 7) is 0. The summed E-state index contributed by atoms with van der Waals surface area (Å²) in [6, 6.07) is 10.4. The van der Waals surface area contributed by atoms with Crippen molar-refractivity contribution in [3.8, 4) is 0 Å². The van der Waals surface area contributed by atoms with Gasteiger partial charge in [-0.25, -0.2) is 4.98 Å². The second-order valence-corrected chi connectivity index (χ2v) is 5.38. The summed E-state index contributed by atoms with van der Waals surface area (Å²) in [6.07, 6.45) is 3.95. The van der Waals surface area contributed by atoms with E-state index in [2.05, 4.69) is 38.4 Å². The highest BCUT2D eigenvalue weighted by Gasteiger charge is 2.23. The van der Waals surface area contributed by atoms with Crippen LogP contribution in [0.3, 0.4) is 0 Å². The smallest absolute Gasteiger partial charge is 0.140 e. The number of halogens is 1. The van der Waals surface area contributed by atoms with Crippen LogP contribution < -0.4 is 11.1 Å². The van der Waals surface area contributed by atoms with Crippen molar-refractivity contribution in [3.05, 3.63) is 52.1 Å². The van der Waals surface area contributed by atoms with Gasteiger partial charge in [-0.1, -0.05) is 6.07 Å². The van der Waals surface area contributed by atoms with Crippen LogP contribution in [0.4, 0.5) is 11.5 Å². The highest BCUT2D eigenvalue weighted by Crippen LogP contribution is 2.35. The molecule has 1 aromatic heterocycles. The Morgan fingerprint density at radius 3 is 3.06 bits per heavy atom. The number of aryl methyl sites for hydroxylation is 1. The van der Waals surface area contributed by atoms with Crippen molar-refractivity contribution in [1.82, 2.24) is 4.98 Å². The Bertz CT molecular complexity index is 583. The maximum atomic E-state index is 5.81. The number of pyridine rings is 1. The minimum absolute atomic E-state index is 0.326. The van der Waals surface area contributed by atoms with E-state index in [0.717, 1.165) is 28.8 Å². The van der Waals surface area contributed by atoms with Gasteiger partial charge >= 0.3 is 0 Å². The molecule has 18 heavy (non-hydrogen) atoms. The summed E-state index contributed by atoms with van der Waals surface area (Å²) in [5.41, 5.74) is 9.34. The third kappa shape index (κ3) is 2.08. The maximum absolute atomic E-state index is 5.81. The van der Waals surface area contributed by atoms with E-state index in [1.807, 2.05) is 18.2 Å². The second-order valence-electron chi connectivity index (χ2n) is 4.53. The molecule has 0 bridgehead atoms. The lowest BCUT2D eigenvalue weighted by Crippen LogP contribution is -2.08. The number of nitrogens with two attached hydrogens (primary N) is 1. The molecule has 1 atom stereocenters. The zero-order valence-electron chi connectivity index (χ0n) is 9.86. The molecule has 1 heterocycles. The Hall–Kier alpha value is -1.55. The number of nitrogens with zero attached hydrogens (tertiary/aromatic N) is 1. The summed E-state index contributed by atoms with van der Waals surface area (Å²) in [4.78, 5) is 4.35. The number of nitrogen functional groups attached to an aromatic ring is 1. The number of rotatable bonds is 2. The molecule has 3 N–H and O–H groups in total. The highest BCUT2D eigenvalue weighted by atomic mass is 79.9. The fourth-order valence-electron chi connectivity index (χ4n) is 2.44. The molecule has 3 rings (SSSR count). The lowest BCUT2D eigenvalue weighted by atomic mass is 10.1. The normalized spacial score (nSPS) is 17.5. The van der Waals surface area contributed by atoms with Crippen LogP contribution in [0.2, 0.25) is 0 Å². The van der Waals surface area contributed by atoms with Crippen LogP contribution in [-0.4, -0.2) is 4.98 Å². The molecular weight excluding hydrogens is 290 g/mol. The molecule has 2 aromatic rings. The number of anilines is 2. The monoisotopic (exact) mass is 303 g/mol. The Balaban J connectivity index is 1.87. The molecule has 0 saturated heterocycles. The average molecular weight is 304 g/mol. The van der Waals surface area contributed by atoms with E-state index in [1.54, 1.807) is 6.20 Å². The molecule has 0 radical (unpaired) electrons. The predicted octanol–water partition coefficient (Wildman–Crippen LogP) is 3.53. The first-order valence-electron chi connectivity index (χ1n) is 5.99. The molecule has 0 saturated carbocycles. The third-order valence-electron chi connectivity index (χ3n) is 3.31. The average Bonchev–Trinajstić information content (AvgIpc) is 2.74. The van der Waals surface area contributed by atoms with Gasteiger partial charge in [0.25, 0.3) is 0 Å². The van der Waals surface area contributed by atoms with Crippen molar-refractivity contribution in [1.29, 1.82) is 0 Å². The molecule has 0 aliphatic heterocycles. The molecule has 0 spiro atoms. The largest absolute Gasteiger partial charge is 0.399 e. The summed E-state index contributed by atoms with van der Waals surface area (Å²) in [5, 5.41) is 3.49. The summed E-state index contributed by atoms with van der Waals surface area (Å²) < 4.78 is 0.994. The van der Waals surface area contributed by atoms with Gasteiger partial charge in [-0.3, -0.25) is 0 Å². The fourth-order valence-corrected chi connectivity index (χ4v) is 2.81. The molecule has 4 heteroatoms. The molecule has 92 valence electrons. The standard InChI is InChI=1S/C14H14BrN3/c15-12-2-1-7-17-14(12)18-13-6-3-9-8-10(16)4-5-11(9)13/h1-2,4-5,7-8,13H,3,6,16H2,(H,17,18). The first kappa shape index (κ1) is 11.5. The van der Waals surface area contributed by atoms with Crippen LogP contribution in [0.25, 0.3) is 0 Å². The van der Waals surface area contributed by atoms with Crippen LogP contribution in [0, 0.1) is 0 Å². The molecule has 1 aliphatic carbocycles. The quantitative estimate of drug-likeness (QED) is 0.835. The van der Waals surface area contributed by atoms with E-state index in [-0.39, 0.29) is 0 Å². The van der Waals surface area contributed by atoms with Crippen molar-refractivity contribution < 1.29 is 0 Å². The maximum Gasteiger partial charge on any atom is 0.140 e. The van der Waals surface area contributed by atoms with Gasteiger partial charge in [-0.15, -0.1) is 0 Å². The van der Waals surface area contributed by atoms with Gasteiger partial charge in [-0.05, 0) is 64.2 Å². The number of hydrogen-bond acceptors (Lipinski definition) is 3. The lowest BCUT2D eigenvalue weighted by molar-refractivity contribution is 0.756. The zero-order chi connectivity index (χ0) is 12.5. The van der Waals surface area contributed by atoms with E-state index in [9.17, 15) is 0 Å². The molecule has 3 nitrogen and oxygen atoms in total. The van der Waals surface area contributed by atoms with E-state index in [4.69, 9.17) is 5.73 Å². The topological polar surface area (TPSA) is 50.9 Å². The van der Waals surface area contributed by atoms with Crippen LogP contribution in [0.1, 0.15) is 23.6 Å². The van der Waals surface area contributed by atoms with Gasteiger partial charge < -0.3 is 11.1 Å². The van der Waals surface area contributed by atoms with Gasteiger partial charge in [0.05, 0.1) is 10.5 Å². The van der Waals surface area contributed by atoms with E-state index < -0.39 is 0 Å². The Labute approximate surface area is 115 Å². The van der Waals surface area contributed by atoms with Gasteiger partial charge in [0.2, 0.25) is 0 Å². The van der Waals surface area contributed by atoms with E-state index in [0.29, 0.717) is 6.04 Å². The fraction of sp³-hybridized carbons (Fsp3) is 0.214. The van der Waals surface area contributed by atoms with Crippen LogP contribution in [0.15, 0.2) is 41.0 Å². The molecule has 1 unspecified atom stereocenters. The first-order chi connectivity index (χ1) is 8.74. The van der Waals surface area contributed by atoms with Crippen LogP contribution in [0.5, 0.6) is 0 Å². The molecule has 0 fully saturated rings. The molecule has 0 amide bonds. The number of fused-ring (bicyclic) bond motifs is 1. The number of nitrogens with one attached hydrogen (secondary N) is 1. The summed E-state index contributed by atoms with van der Waals surface area (Å²) in [7, 11) is 0. The predicted molar refractivity (Wildman–Crippen MR) is 77.5 cm³/mol. The van der Waals surface area contributed by atoms with E-state index in [1.165, 1.54) is 11.1 Å². The minimum Gasteiger partial charge on any atom is -0.399 e. The van der Waals surface area contributed by atoms with Crippen molar-refractivity contribution in [2.75, 3.05) is 11.1 Å².